The molecule has 2 aromatic carbocycles. The number of carbonyl (C=O) groups is 1. The highest BCUT2D eigenvalue weighted by molar-refractivity contribution is 5.78. The number of fused-ring (bicyclic) bond motifs is 1. The highest BCUT2D eigenvalue weighted by Crippen LogP contribution is 2.36. The van der Waals surface area contributed by atoms with Crippen molar-refractivity contribution in [1.29, 1.82) is 0 Å². The summed E-state index contributed by atoms with van der Waals surface area (Å²) in [6, 6.07) is 15.2. The van der Waals surface area contributed by atoms with E-state index in [-0.39, 0.29) is 17.8 Å². The number of likely N-dealkylation sites (N-methyl/N-ethyl adjacent to an activating group) is 1. The Labute approximate surface area is 197 Å². The molecule has 0 aromatic heterocycles. The lowest BCUT2D eigenvalue weighted by Crippen LogP contribution is -2.41. The first-order valence-electron chi connectivity index (χ1n) is 12.2. The maximum absolute atomic E-state index is 13.4. The van der Waals surface area contributed by atoms with Crippen molar-refractivity contribution in [2.45, 2.75) is 37.8 Å². The van der Waals surface area contributed by atoms with E-state index in [0.29, 0.717) is 18.4 Å². The molecule has 3 atom stereocenters. The Kier molecular flexibility index (Phi) is 7.78. The van der Waals surface area contributed by atoms with Crippen molar-refractivity contribution < 1.29 is 9.18 Å². The number of benzene rings is 2. The van der Waals surface area contributed by atoms with Crippen molar-refractivity contribution in [3.05, 3.63) is 71.0 Å². The molecule has 3 aliphatic heterocycles. The molecule has 0 unspecified atom stereocenters. The Morgan fingerprint density at radius 1 is 0.970 bits per heavy atom. The molecule has 3 heterocycles. The van der Waals surface area contributed by atoms with E-state index in [0.717, 1.165) is 44.6 Å². The number of carbonyl (C=O) groups excluding carboxylic acids is 1. The van der Waals surface area contributed by atoms with Gasteiger partial charge in [-0.15, -0.1) is 0 Å². The SMILES string of the molecule is CN1CC[C@H](CC(=O)N2CCc3ccccc3[C@@H]2c2ccc(F)cc2)C1.CN1CC[C@H](N)C1. The number of hydrogen-bond donors (Lipinski definition) is 1. The second-order valence-electron chi connectivity index (χ2n) is 9.92. The van der Waals surface area contributed by atoms with E-state index >= 15 is 0 Å². The fourth-order valence-electron chi connectivity index (χ4n) is 5.37. The minimum absolute atomic E-state index is 0.118. The van der Waals surface area contributed by atoms with E-state index in [1.807, 2.05) is 29.2 Å². The van der Waals surface area contributed by atoms with E-state index in [4.69, 9.17) is 5.73 Å². The third kappa shape index (κ3) is 5.99. The number of nitrogens with zero attached hydrogens (tertiary/aromatic N) is 3. The standard InChI is InChI=1S/C22H25FN2O.C5H12N2/c1-24-12-10-16(15-24)14-21(26)25-13-11-17-4-2-3-5-20(17)22(25)18-6-8-19(23)9-7-18;1-7-3-2-5(6)4-7/h2-9,16,22H,10-15H2,1H3;5H,2-4,6H2,1H3/t16-,22+;5-/m10/s1. The van der Waals surface area contributed by atoms with Gasteiger partial charge in [-0.2, -0.15) is 0 Å². The van der Waals surface area contributed by atoms with Crippen LogP contribution in [0.1, 0.15) is 42.0 Å². The minimum atomic E-state index is -0.246. The van der Waals surface area contributed by atoms with Crippen LogP contribution < -0.4 is 5.73 Å². The van der Waals surface area contributed by atoms with Gasteiger partial charge in [0, 0.05) is 32.1 Å². The molecule has 2 N–H and O–H groups in total. The number of halogens is 1. The molecule has 5 rings (SSSR count). The van der Waals surface area contributed by atoms with E-state index in [2.05, 4.69) is 36.0 Å². The van der Waals surface area contributed by atoms with Crippen LogP contribution in [0.4, 0.5) is 4.39 Å². The van der Waals surface area contributed by atoms with Gasteiger partial charge in [0.1, 0.15) is 5.82 Å². The molecule has 1 amide bonds. The largest absolute Gasteiger partial charge is 0.331 e. The van der Waals surface area contributed by atoms with Crippen LogP contribution in [0, 0.1) is 11.7 Å². The van der Waals surface area contributed by atoms with Crippen LogP contribution >= 0.6 is 0 Å². The lowest BCUT2D eigenvalue weighted by atomic mass is 9.87. The zero-order chi connectivity index (χ0) is 23.4. The van der Waals surface area contributed by atoms with Crippen molar-refractivity contribution >= 4 is 5.91 Å². The Hall–Kier alpha value is -2.28. The number of amides is 1. The van der Waals surface area contributed by atoms with Gasteiger partial charge in [-0.3, -0.25) is 4.79 Å². The van der Waals surface area contributed by atoms with Crippen molar-refractivity contribution in [3.8, 4) is 0 Å². The Balaban J connectivity index is 0.000000318. The molecule has 0 aliphatic carbocycles. The quantitative estimate of drug-likeness (QED) is 0.777. The molecule has 2 saturated heterocycles. The second kappa shape index (κ2) is 10.8. The van der Waals surface area contributed by atoms with Crippen molar-refractivity contribution in [2.24, 2.45) is 11.7 Å². The Morgan fingerprint density at radius 3 is 2.27 bits per heavy atom. The van der Waals surface area contributed by atoms with Gasteiger partial charge in [-0.25, -0.2) is 4.39 Å². The molecular formula is C27H37FN4O. The zero-order valence-corrected chi connectivity index (χ0v) is 19.9. The number of nitrogens with two attached hydrogens (primary N) is 1. The molecular weight excluding hydrogens is 415 g/mol. The topological polar surface area (TPSA) is 52.8 Å². The summed E-state index contributed by atoms with van der Waals surface area (Å²) in [6.07, 6.45) is 3.75. The van der Waals surface area contributed by atoms with Crippen molar-refractivity contribution in [2.75, 3.05) is 46.8 Å². The molecule has 0 spiro atoms. The van der Waals surface area contributed by atoms with E-state index in [9.17, 15) is 9.18 Å². The van der Waals surface area contributed by atoms with Gasteiger partial charge < -0.3 is 20.4 Å². The Morgan fingerprint density at radius 2 is 1.67 bits per heavy atom. The van der Waals surface area contributed by atoms with Gasteiger partial charge in [0.2, 0.25) is 5.91 Å². The predicted octanol–water partition coefficient (Wildman–Crippen LogP) is 3.29. The van der Waals surface area contributed by atoms with Crippen LogP contribution in [-0.2, 0) is 11.2 Å². The molecule has 33 heavy (non-hydrogen) atoms. The molecule has 2 aromatic rings. The predicted molar refractivity (Wildman–Crippen MR) is 130 cm³/mol. The smallest absolute Gasteiger partial charge is 0.223 e. The van der Waals surface area contributed by atoms with E-state index in [1.54, 1.807) is 0 Å². The molecule has 0 saturated carbocycles. The number of rotatable bonds is 3. The molecule has 3 aliphatic rings. The second-order valence-corrected chi connectivity index (χ2v) is 9.92. The van der Waals surface area contributed by atoms with Crippen molar-refractivity contribution in [1.82, 2.24) is 14.7 Å². The highest BCUT2D eigenvalue weighted by atomic mass is 19.1. The molecule has 2 fully saturated rings. The lowest BCUT2D eigenvalue weighted by Gasteiger charge is -2.38. The summed E-state index contributed by atoms with van der Waals surface area (Å²) in [6.45, 7) is 5.06. The molecule has 6 heteroatoms. The van der Waals surface area contributed by atoms with Crippen LogP contribution in [0.5, 0.6) is 0 Å². The Bertz CT molecular complexity index is 926. The summed E-state index contributed by atoms with van der Waals surface area (Å²) < 4.78 is 13.4. The van der Waals surface area contributed by atoms with Gasteiger partial charge in [-0.05, 0) is 81.2 Å². The van der Waals surface area contributed by atoms with Crippen LogP contribution in [0.25, 0.3) is 0 Å². The summed E-state index contributed by atoms with van der Waals surface area (Å²) in [4.78, 5) is 19.7. The number of hydrogen-bond acceptors (Lipinski definition) is 4. The van der Waals surface area contributed by atoms with Crippen LogP contribution in [0.2, 0.25) is 0 Å². The monoisotopic (exact) mass is 452 g/mol. The average molecular weight is 453 g/mol. The summed E-state index contributed by atoms with van der Waals surface area (Å²) >= 11 is 0. The van der Waals surface area contributed by atoms with Crippen molar-refractivity contribution in [3.63, 3.8) is 0 Å². The third-order valence-corrected chi connectivity index (χ3v) is 7.17. The molecule has 0 bridgehead atoms. The van der Waals surface area contributed by atoms with Crippen LogP contribution in [0.3, 0.4) is 0 Å². The maximum Gasteiger partial charge on any atom is 0.223 e. The fraction of sp³-hybridized carbons (Fsp3) is 0.519. The van der Waals surface area contributed by atoms with Crippen LogP contribution in [0.15, 0.2) is 48.5 Å². The van der Waals surface area contributed by atoms with Gasteiger partial charge in [-0.1, -0.05) is 36.4 Å². The lowest BCUT2D eigenvalue weighted by molar-refractivity contribution is -0.134. The van der Waals surface area contributed by atoms with Gasteiger partial charge in [0.05, 0.1) is 6.04 Å². The first kappa shape index (κ1) is 23.9. The molecule has 178 valence electrons. The summed E-state index contributed by atoms with van der Waals surface area (Å²) in [5.41, 5.74) is 9.02. The van der Waals surface area contributed by atoms with Gasteiger partial charge in [0.25, 0.3) is 0 Å². The highest BCUT2D eigenvalue weighted by Gasteiger charge is 2.33. The third-order valence-electron chi connectivity index (χ3n) is 7.17. The maximum atomic E-state index is 13.4. The first-order valence-corrected chi connectivity index (χ1v) is 12.2. The fourth-order valence-corrected chi connectivity index (χ4v) is 5.37. The molecule has 5 nitrogen and oxygen atoms in total. The zero-order valence-electron chi connectivity index (χ0n) is 19.9. The van der Waals surface area contributed by atoms with Gasteiger partial charge >= 0.3 is 0 Å². The van der Waals surface area contributed by atoms with E-state index in [1.165, 1.54) is 36.2 Å². The normalized spacial score (nSPS) is 25.5. The molecule has 0 radical (unpaired) electrons. The summed E-state index contributed by atoms with van der Waals surface area (Å²) in [5, 5.41) is 0. The minimum Gasteiger partial charge on any atom is -0.331 e. The van der Waals surface area contributed by atoms with E-state index < -0.39 is 0 Å². The van der Waals surface area contributed by atoms with Crippen LogP contribution in [-0.4, -0.2) is 73.5 Å². The summed E-state index contributed by atoms with van der Waals surface area (Å²) in [5.74, 6) is 0.414. The summed E-state index contributed by atoms with van der Waals surface area (Å²) in [7, 11) is 4.22. The first-order chi connectivity index (χ1) is 15.9. The van der Waals surface area contributed by atoms with Gasteiger partial charge in [0.15, 0.2) is 0 Å². The average Bonchev–Trinajstić information content (AvgIpc) is 3.40. The number of likely N-dealkylation sites (tertiary alicyclic amines) is 2.